The molecule has 2 rings (SSSR count). The van der Waals surface area contributed by atoms with Crippen molar-refractivity contribution in [3.8, 4) is 11.5 Å². The zero-order valence-electron chi connectivity index (χ0n) is 19.1. The molecule has 1 unspecified atom stereocenters. The van der Waals surface area contributed by atoms with E-state index >= 15 is 0 Å². The topological polar surface area (TPSA) is 88.7 Å². The molecule has 2 amide bonds. The van der Waals surface area contributed by atoms with Crippen molar-refractivity contribution in [3.63, 3.8) is 0 Å². The number of para-hydroxylation sites is 1. The van der Waals surface area contributed by atoms with Crippen LogP contribution in [0.25, 0.3) is 0 Å². The summed E-state index contributed by atoms with van der Waals surface area (Å²) in [5.41, 5.74) is 6.34. The Hall–Kier alpha value is -2.65. The molecule has 9 heteroatoms. The van der Waals surface area contributed by atoms with Gasteiger partial charge >= 0.3 is 0 Å². The van der Waals surface area contributed by atoms with E-state index in [1.54, 1.807) is 18.2 Å². The van der Waals surface area contributed by atoms with Gasteiger partial charge in [-0.2, -0.15) is 0 Å². The second kappa shape index (κ2) is 13.8. The number of nitrogens with one attached hydrogen (secondary N) is 3. The molecule has 0 spiro atoms. The number of thiocarbonyl (C=S) groups is 1. The molecular weight excluding hydrogens is 506 g/mol. The Labute approximate surface area is 208 Å². The first-order valence-corrected chi connectivity index (χ1v) is 12.1. The minimum atomic E-state index is -0.451. The number of rotatable bonds is 10. The fraction of sp³-hybridized carbons (Fsp3) is 0.375. The number of hydrazine groups is 1. The lowest BCUT2D eigenvalue weighted by Crippen LogP contribution is -2.49. The zero-order chi connectivity index (χ0) is 24.2. The van der Waals surface area contributed by atoms with Gasteiger partial charge in [-0.3, -0.25) is 25.8 Å². The number of unbranched alkanes of at least 4 members (excludes halogenated alkanes) is 1. The van der Waals surface area contributed by atoms with E-state index in [9.17, 15) is 9.59 Å². The number of halogens is 1. The first-order valence-electron chi connectivity index (χ1n) is 10.9. The van der Waals surface area contributed by atoms with Crippen molar-refractivity contribution in [1.82, 2.24) is 16.2 Å². The summed E-state index contributed by atoms with van der Waals surface area (Å²) in [6, 6.07) is 12.8. The predicted octanol–water partition coefficient (Wildman–Crippen LogP) is 4.86. The molecule has 0 saturated heterocycles. The quantitative estimate of drug-likeness (QED) is 0.229. The largest absolute Gasteiger partial charge is 0.493 e. The summed E-state index contributed by atoms with van der Waals surface area (Å²) in [5, 5.41) is 2.49. The summed E-state index contributed by atoms with van der Waals surface area (Å²) < 4.78 is 12.1. The predicted molar refractivity (Wildman–Crippen MR) is 137 cm³/mol. The normalized spacial score (nSPS) is 11.3. The molecule has 3 N–H and O–H groups in total. The number of carbonyl (C=O) groups excluding carboxylic acids is 2. The highest BCUT2D eigenvalue weighted by Gasteiger charge is 2.16. The number of benzene rings is 2. The lowest BCUT2D eigenvalue weighted by atomic mass is 9.98. The van der Waals surface area contributed by atoms with Crippen molar-refractivity contribution in [1.29, 1.82) is 0 Å². The summed E-state index contributed by atoms with van der Waals surface area (Å²) in [5.74, 6) is 0.566. The number of hydrogen-bond acceptors (Lipinski definition) is 5. The van der Waals surface area contributed by atoms with Gasteiger partial charge in [-0.25, -0.2) is 0 Å². The lowest BCUT2D eigenvalue weighted by Gasteiger charge is -2.16. The molecule has 0 fully saturated rings. The highest BCUT2D eigenvalue weighted by Crippen LogP contribution is 2.28. The van der Waals surface area contributed by atoms with Crippen molar-refractivity contribution in [2.75, 3.05) is 13.2 Å². The number of hydrogen-bond donors (Lipinski definition) is 3. The third-order valence-corrected chi connectivity index (χ3v) is 5.60. The fourth-order valence-corrected chi connectivity index (χ4v) is 3.38. The molecule has 0 radical (unpaired) electrons. The van der Waals surface area contributed by atoms with Crippen molar-refractivity contribution in [2.24, 2.45) is 0 Å². The summed E-state index contributed by atoms with van der Waals surface area (Å²) in [4.78, 5) is 24.8. The summed E-state index contributed by atoms with van der Waals surface area (Å²) in [7, 11) is 0. The fourth-order valence-electron chi connectivity index (χ4n) is 2.88. The van der Waals surface area contributed by atoms with Crippen LogP contribution < -0.4 is 25.6 Å². The smallest absolute Gasteiger partial charge is 0.276 e. The van der Waals surface area contributed by atoms with Crippen LogP contribution in [0.4, 0.5) is 0 Å². The van der Waals surface area contributed by atoms with Gasteiger partial charge in [-0.05, 0) is 60.8 Å². The van der Waals surface area contributed by atoms with E-state index < -0.39 is 11.8 Å². The Bertz CT molecular complexity index is 970. The second-order valence-corrected chi connectivity index (χ2v) is 8.76. The molecule has 0 saturated carbocycles. The maximum Gasteiger partial charge on any atom is 0.276 e. The van der Waals surface area contributed by atoms with Crippen LogP contribution in [0, 0.1) is 0 Å². The van der Waals surface area contributed by atoms with Crippen molar-refractivity contribution in [2.45, 2.75) is 46.0 Å². The summed E-state index contributed by atoms with van der Waals surface area (Å²) in [6.07, 6.45) is 2.83. The molecule has 0 aliphatic heterocycles. The molecule has 0 aliphatic rings. The number of carbonyl (C=O) groups is 2. The van der Waals surface area contributed by atoms with Gasteiger partial charge in [0.25, 0.3) is 11.8 Å². The van der Waals surface area contributed by atoms with Gasteiger partial charge < -0.3 is 9.47 Å². The van der Waals surface area contributed by atoms with Gasteiger partial charge in [-0.15, -0.1) is 0 Å². The molecule has 2 aromatic rings. The lowest BCUT2D eigenvalue weighted by molar-refractivity contribution is -0.123. The van der Waals surface area contributed by atoms with Crippen LogP contribution >= 0.6 is 28.1 Å². The van der Waals surface area contributed by atoms with Crippen molar-refractivity contribution < 1.29 is 19.1 Å². The minimum absolute atomic E-state index is 0.0483. The molecular formula is C24H30BrN3O4S. The highest BCUT2D eigenvalue weighted by molar-refractivity contribution is 9.10. The molecule has 0 aliphatic carbocycles. The standard InChI is InChI=1S/C24H30BrN3O4S/c1-4-6-13-31-21-12-11-17(25)14-19(21)23(30)26-24(33)28-27-22(29)15-32-20-10-8-7-9-18(20)16(3)5-2/h7-12,14,16H,4-6,13,15H2,1-3H3,(H,27,29)(H2,26,28,30,33). The van der Waals surface area contributed by atoms with E-state index in [4.69, 9.17) is 21.7 Å². The Morgan fingerprint density at radius 3 is 2.55 bits per heavy atom. The van der Waals surface area contributed by atoms with Gasteiger partial charge in [0.2, 0.25) is 0 Å². The second-order valence-electron chi connectivity index (χ2n) is 7.43. The van der Waals surface area contributed by atoms with Gasteiger partial charge in [-0.1, -0.05) is 61.3 Å². The average Bonchev–Trinajstić information content (AvgIpc) is 2.82. The van der Waals surface area contributed by atoms with E-state index in [-0.39, 0.29) is 11.7 Å². The van der Waals surface area contributed by atoms with Gasteiger partial charge in [0.05, 0.1) is 12.2 Å². The average molecular weight is 536 g/mol. The monoisotopic (exact) mass is 535 g/mol. The van der Waals surface area contributed by atoms with E-state index in [1.165, 1.54) is 0 Å². The third kappa shape index (κ3) is 8.66. The molecule has 0 heterocycles. The number of amides is 2. The highest BCUT2D eigenvalue weighted by atomic mass is 79.9. The van der Waals surface area contributed by atoms with Gasteiger partial charge in [0.15, 0.2) is 11.7 Å². The third-order valence-electron chi connectivity index (χ3n) is 4.91. The van der Waals surface area contributed by atoms with E-state index in [0.29, 0.717) is 29.6 Å². The zero-order valence-corrected chi connectivity index (χ0v) is 21.5. The molecule has 7 nitrogen and oxygen atoms in total. The van der Waals surface area contributed by atoms with Gasteiger partial charge in [0, 0.05) is 4.47 Å². The first kappa shape index (κ1) is 26.6. The van der Waals surface area contributed by atoms with Crippen LogP contribution in [-0.4, -0.2) is 30.1 Å². The molecule has 0 aromatic heterocycles. The first-order chi connectivity index (χ1) is 15.8. The van der Waals surface area contributed by atoms with Crippen LogP contribution in [0.2, 0.25) is 0 Å². The SMILES string of the molecule is CCCCOc1ccc(Br)cc1C(=O)NC(=S)NNC(=O)COc1ccccc1C(C)CC. The maximum absolute atomic E-state index is 12.7. The molecule has 1 atom stereocenters. The molecule has 33 heavy (non-hydrogen) atoms. The van der Waals surface area contributed by atoms with E-state index in [2.05, 4.69) is 52.9 Å². The Morgan fingerprint density at radius 2 is 1.82 bits per heavy atom. The molecule has 2 aromatic carbocycles. The Balaban J connectivity index is 1.86. The van der Waals surface area contributed by atoms with Gasteiger partial charge in [0.1, 0.15) is 11.5 Å². The van der Waals surface area contributed by atoms with Crippen LogP contribution in [0.15, 0.2) is 46.9 Å². The van der Waals surface area contributed by atoms with E-state index in [0.717, 1.165) is 29.3 Å². The Kier molecular flexibility index (Phi) is 11.1. The van der Waals surface area contributed by atoms with Crippen LogP contribution in [0.1, 0.15) is 61.9 Å². The Morgan fingerprint density at radius 1 is 1.06 bits per heavy atom. The molecule has 178 valence electrons. The van der Waals surface area contributed by atoms with Crippen LogP contribution in [0.3, 0.4) is 0 Å². The maximum atomic E-state index is 12.7. The summed E-state index contributed by atoms with van der Waals surface area (Å²) >= 11 is 8.49. The van der Waals surface area contributed by atoms with E-state index in [1.807, 2.05) is 24.3 Å². The number of ether oxygens (including phenoxy) is 2. The van der Waals surface area contributed by atoms with Crippen molar-refractivity contribution in [3.05, 3.63) is 58.1 Å². The molecule has 0 bridgehead atoms. The summed E-state index contributed by atoms with van der Waals surface area (Å²) in [6.45, 7) is 6.58. The van der Waals surface area contributed by atoms with Crippen LogP contribution in [-0.2, 0) is 4.79 Å². The van der Waals surface area contributed by atoms with Crippen molar-refractivity contribution >= 4 is 45.1 Å². The van der Waals surface area contributed by atoms with Crippen LogP contribution in [0.5, 0.6) is 11.5 Å². The minimum Gasteiger partial charge on any atom is -0.493 e.